The van der Waals surface area contributed by atoms with E-state index in [0.29, 0.717) is 16.8 Å². The van der Waals surface area contributed by atoms with E-state index in [1.807, 2.05) is 0 Å². The van der Waals surface area contributed by atoms with Gasteiger partial charge in [-0.15, -0.1) is 0 Å². The average molecular weight is 297 g/mol. The van der Waals surface area contributed by atoms with Gasteiger partial charge in [-0.3, -0.25) is 9.78 Å². The molecule has 2 aromatic rings. The molecule has 2 heterocycles. The van der Waals surface area contributed by atoms with Crippen molar-refractivity contribution in [2.75, 3.05) is 0 Å². The predicted octanol–water partition coefficient (Wildman–Crippen LogP) is 1.85. The number of hydrogen-bond acceptors (Lipinski definition) is 5. The van der Waals surface area contributed by atoms with E-state index in [0.717, 1.165) is 5.01 Å². The summed E-state index contributed by atoms with van der Waals surface area (Å²) in [5.74, 6) is -0.363. The van der Waals surface area contributed by atoms with Crippen molar-refractivity contribution in [3.8, 4) is 5.75 Å². The first-order valence-electron chi connectivity index (χ1n) is 6.81. The highest BCUT2D eigenvalue weighted by molar-refractivity contribution is 5.98. The Morgan fingerprint density at radius 2 is 1.82 bits per heavy atom. The van der Waals surface area contributed by atoms with Crippen LogP contribution in [0.1, 0.15) is 29.3 Å². The molecule has 0 fully saturated rings. The van der Waals surface area contributed by atoms with Gasteiger partial charge >= 0.3 is 0 Å². The Morgan fingerprint density at radius 3 is 2.45 bits per heavy atom. The first kappa shape index (κ1) is 14.2. The third-order valence-electron chi connectivity index (χ3n) is 3.57. The van der Waals surface area contributed by atoms with Crippen molar-refractivity contribution in [2.45, 2.75) is 19.1 Å². The minimum atomic E-state index is -1.53. The molecule has 6 heteroatoms. The Kier molecular flexibility index (Phi) is 3.38. The number of aromatic hydroxyl groups is 1. The van der Waals surface area contributed by atoms with Crippen molar-refractivity contribution < 1.29 is 15.0 Å². The predicted molar refractivity (Wildman–Crippen MR) is 80.1 cm³/mol. The summed E-state index contributed by atoms with van der Waals surface area (Å²) >= 11 is 0. The minimum absolute atomic E-state index is 0.0713. The first-order chi connectivity index (χ1) is 10.5. The van der Waals surface area contributed by atoms with Gasteiger partial charge in [-0.25, -0.2) is 0 Å². The molecular weight excluding hydrogens is 282 g/mol. The van der Waals surface area contributed by atoms with Gasteiger partial charge in [0, 0.05) is 35.7 Å². The maximum absolute atomic E-state index is 12.7. The number of amides is 1. The second-order valence-corrected chi connectivity index (χ2v) is 5.23. The summed E-state index contributed by atoms with van der Waals surface area (Å²) < 4.78 is 0. The molecule has 1 unspecified atom stereocenters. The van der Waals surface area contributed by atoms with E-state index in [1.54, 1.807) is 31.5 Å². The van der Waals surface area contributed by atoms with Gasteiger partial charge in [-0.05, 0) is 43.3 Å². The zero-order valence-electron chi connectivity index (χ0n) is 12.0. The van der Waals surface area contributed by atoms with Gasteiger partial charge in [0.2, 0.25) is 0 Å². The summed E-state index contributed by atoms with van der Waals surface area (Å²) in [5, 5.41) is 25.6. The van der Waals surface area contributed by atoms with Gasteiger partial charge in [0.15, 0.2) is 5.72 Å². The Morgan fingerprint density at radius 1 is 1.18 bits per heavy atom. The Bertz CT molecular complexity index is 728. The molecule has 22 heavy (non-hydrogen) atoms. The molecule has 0 aliphatic carbocycles. The van der Waals surface area contributed by atoms with Crippen LogP contribution in [0.4, 0.5) is 0 Å². The van der Waals surface area contributed by atoms with Crippen LogP contribution in [0.25, 0.3) is 0 Å². The molecule has 2 N–H and O–H groups in total. The molecular formula is C16H15N3O3. The standard InChI is InChI=1S/C16H15N3O3/c1-11-10-16(22,13-6-8-17-9-7-13)19(18-11)15(21)12-2-4-14(20)5-3-12/h2-9,20,22H,10H2,1H3. The van der Waals surface area contributed by atoms with Crippen LogP contribution >= 0.6 is 0 Å². The lowest BCUT2D eigenvalue weighted by molar-refractivity contribution is -0.0765. The van der Waals surface area contributed by atoms with Gasteiger partial charge in [0.25, 0.3) is 5.91 Å². The summed E-state index contributed by atoms with van der Waals surface area (Å²) in [5.41, 5.74) is 0.0209. The fourth-order valence-corrected chi connectivity index (χ4v) is 2.50. The van der Waals surface area contributed by atoms with Crippen molar-refractivity contribution in [1.82, 2.24) is 9.99 Å². The van der Waals surface area contributed by atoms with E-state index < -0.39 is 11.6 Å². The average Bonchev–Trinajstić information content (AvgIpc) is 2.84. The summed E-state index contributed by atoms with van der Waals surface area (Å²) in [6.07, 6.45) is 3.36. The number of nitrogens with zero attached hydrogens (tertiary/aromatic N) is 3. The molecule has 1 aromatic heterocycles. The van der Waals surface area contributed by atoms with E-state index in [1.165, 1.54) is 24.3 Å². The summed E-state index contributed by atoms with van der Waals surface area (Å²) in [7, 11) is 0. The molecule has 1 atom stereocenters. The number of benzene rings is 1. The molecule has 112 valence electrons. The highest BCUT2D eigenvalue weighted by atomic mass is 16.3. The Labute approximate surface area is 127 Å². The highest BCUT2D eigenvalue weighted by Crippen LogP contribution is 2.36. The largest absolute Gasteiger partial charge is 0.508 e. The number of carbonyl (C=O) groups is 1. The second kappa shape index (κ2) is 5.23. The maximum Gasteiger partial charge on any atom is 0.276 e. The maximum atomic E-state index is 12.7. The van der Waals surface area contributed by atoms with Gasteiger partial charge in [-0.1, -0.05) is 0 Å². The Hall–Kier alpha value is -2.73. The molecule has 0 saturated carbocycles. The summed E-state index contributed by atoms with van der Waals surface area (Å²) in [6, 6.07) is 9.15. The molecule has 1 amide bonds. The fraction of sp³-hybridized carbons (Fsp3) is 0.188. The lowest BCUT2D eigenvalue weighted by atomic mass is 9.98. The summed E-state index contributed by atoms with van der Waals surface area (Å²) in [6.45, 7) is 1.76. The third-order valence-corrected chi connectivity index (χ3v) is 3.57. The van der Waals surface area contributed by atoms with Crippen LogP contribution in [0.5, 0.6) is 5.75 Å². The van der Waals surface area contributed by atoms with Crippen LogP contribution in [-0.4, -0.2) is 31.8 Å². The number of aliphatic hydroxyl groups is 1. The van der Waals surface area contributed by atoms with Crippen molar-refractivity contribution in [3.05, 3.63) is 59.9 Å². The van der Waals surface area contributed by atoms with E-state index in [2.05, 4.69) is 10.1 Å². The lowest BCUT2D eigenvalue weighted by Crippen LogP contribution is -2.43. The molecule has 1 aromatic carbocycles. The van der Waals surface area contributed by atoms with Crippen molar-refractivity contribution in [2.24, 2.45) is 5.10 Å². The number of phenolic OH excluding ortho intramolecular Hbond substituents is 1. The quantitative estimate of drug-likeness (QED) is 0.885. The lowest BCUT2D eigenvalue weighted by Gasteiger charge is -2.31. The monoisotopic (exact) mass is 297 g/mol. The van der Waals surface area contributed by atoms with Crippen LogP contribution in [0.3, 0.4) is 0 Å². The van der Waals surface area contributed by atoms with Gasteiger partial charge in [-0.2, -0.15) is 10.1 Å². The Balaban J connectivity index is 2.00. The number of aromatic nitrogens is 1. The molecule has 0 saturated heterocycles. The molecule has 1 aliphatic rings. The van der Waals surface area contributed by atoms with Crippen LogP contribution in [-0.2, 0) is 5.72 Å². The van der Waals surface area contributed by atoms with Crippen LogP contribution in [0.2, 0.25) is 0 Å². The zero-order valence-corrected chi connectivity index (χ0v) is 12.0. The number of rotatable bonds is 2. The van der Waals surface area contributed by atoms with Crippen molar-refractivity contribution in [3.63, 3.8) is 0 Å². The third kappa shape index (κ3) is 2.33. The zero-order chi connectivity index (χ0) is 15.7. The van der Waals surface area contributed by atoms with Gasteiger partial charge in [0.1, 0.15) is 5.75 Å². The number of hydrogen-bond donors (Lipinski definition) is 2. The van der Waals surface area contributed by atoms with Crippen LogP contribution in [0, 0.1) is 0 Å². The van der Waals surface area contributed by atoms with E-state index in [9.17, 15) is 15.0 Å². The molecule has 0 radical (unpaired) electrons. The van der Waals surface area contributed by atoms with Crippen molar-refractivity contribution in [1.29, 1.82) is 0 Å². The molecule has 6 nitrogen and oxygen atoms in total. The molecule has 0 spiro atoms. The van der Waals surface area contributed by atoms with Crippen LogP contribution < -0.4 is 0 Å². The first-order valence-corrected chi connectivity index (χ1v) is 6.81. The molecule has 0 bridgehead atoms. The molecule has 1 aliphatic heterocycles. The van der Waals surface area contributed by atoms with E-state index >= 15 is 0 Å². The highest BCUT2D eigenvalue weighted by Gasteiger charge is 2.45. The smallest absolute Gasteiger partial charge is 0.276 e. The van der Waals surface area contributed by atoms with Gasteiger partial charge in [0.05, 0.1) is 0 Å². The molecule has 3 rings (SSSR count). The van der Waals surface area contributed by atoms with E-state index in [4.69, 9.17) is 0 Å². The SMILES string of the molecule is CC1=NN(C(=O)c2ccc(O)cc2)C(O)(c2ccncc2)C1. The second-order valence-electron chi connectivity index (χ2n) is 5.23. The normalized spacial score (nSPS) is 20.8. The number of carbonyl (C=O) groups excluding carboxylic acids is 1. The van der Waals surface area contributed by atoms with Gasteiger partial charge < -0.3 is 10.2 Å². The van der Waals surface area contributed by atoms with Crippen LogP contribution in [0.15, 0.2) is 53.9 Å². The summed E-state index contributed by atoms with van der Waals surface area (Å²) in [4.78, 5) is 16.6. The minimum Gasteiger partial charge on any atom is -0.508 e. The fourth-order valence-electron chi connectivity index (χ4n) is 2.50. The topological polar surface area (TPSA) is 86.0 Å². The van der Waals surface area contributed by atoms with E-state index in [-0.39, 0.29) is 12.2 Å². The number of pyridine rings is 1. The number of phenols is 1. The van der Waals surface area contributed by atoms with Crippen molar-refractivity contribution >= 4 is 11.6 Å². The number of hydrazone groups is 1.